The summed E-state index contributed by atoms with van der Waals surface area (Å²) in [6, 6.07) is 6.58. The van der Waals surface area contributed by atoms with Gasteiger partial charge in [0.05, 0.1) is 0 Å². The van der Waals surface area contributed by atoms with E-state index in [-0.39, 0.29) is 5.91 Å². The molecule has 2 heteroatoms. The Morgan fingerprint density at radius 3 is 2.88 bits per heavy atom. The van der Waals surface area contributed by atoms with E-state index in [2.05, 4.69) is 32.0 Å². The van der Waals surface area contributed by atoms with Gasteiger partial charge in [-0.25, -0.2) is 0 Å². The Morgan fingerprint density at radius 1 is 1.47 bits per heavy atom. The quantitative estimate of drug-likeness (QED) is 0.779. The van der Waals surface area contributed by atoms with Gasteiger partial charge in [0.2, 0.25) is 5.91 Å². The van der Waals surface area contributed by atoms with E-state index in [0.717, 1.165) is 18.7 Å². The van der Waals surface area contributed by atoms with Gasteiger partial charge >= 0.3 is 0 Å². The van der Waals surface area contributed by atoms with Crippen molar-refractivity contribution in [1.29, 1.82) is 0 Å². The highest BCUT2D eigenvalue weighted by Gasteiger charge is 2.27. The molecule has 0 fully saturated rings. The lowest BCUT2D eigenvalue weighted by molar-refractivity contribution is -0.116. The molecule has 1 atom stereocenters. The highest BCUT2D eigenvalue weighted by Crippen LogP contribution is 2.36. The third kappa shape index (κ3) is 2.36. The molecule has 0 N–H and O–H groups in total. The van der Waals surface area contributed by atoms with E-state index in [1.807, 2.05) is 4.90 Å². The van der Waals surface area contributed by atoms with Crippen LogP contribution in [0.2, 0.25) is 0 Å². The van der Waals surface area contributed by atoms with E-state index in [1.54, 1.807) is 6.92 Å². The van der Waals surface area contributed by atoms with Gasteiger partial charge in [-0.2, -0.15) is 0 Å². The first-order valence-corrected chi connectivity index (χ1v) is 6.54. The number of hydrogen-bond donors (Lipinski definition) is 0. The largest absolute Gasteiger partial charge is 0.312 e. The van der Waals surface area contributed by atoms with E-state index >= 15 is 0 Å². The lowest BCUT2D eigenvalue weighted by atomic mass is 9.99. The molecule has 2 rings (SSSR count). The van der Waals surface area contributed by atoms with Gasteiger partial charge < -0.3 is 4.90 Å². The fourth-order valence-corrected chi connectivity index (χ4v) is 2.55. The topological polar surface area (TPSA) is 20.3 Å². The summed E-state index contributed by atoms with van der Waals surface area (Å²) in [5.41, 5.74) is 3.86. The lowest BCUT2D eigenvalue weighted by Gasteiger charge is -2.14. The Morgan fingerprint density at radius 2 is 2.24 bits per heavy atom. The van der Waals surface area contributed by atoms with Gasteiger partial charge in [-0.05, 0) is 30.0 Å². The number of carbonyl (C=O) groups is 1. The predicted octanol–water partition coefficient (Wildman–Crippen LogP) is 3.50. The molecule has 0 aliphatic carbocycles. The Bertz CT molecular complexity index is 425. The van der Waals surface area contributed by atoms with Crippen molar-refractivity contribution in [2.75, 3.05) is 11.4 Å². The summed E-state index contributed by atoms with van der Waals surface area (Å²) in [6.07, 6.45) is 3.62. The van der Waals surface area contributed by atoms with Crippen LogP contribution in [0.3, 0.4) is 0 Å². The Hall–Kier alpha value is -1.31. The van der Waals surface area contributed by atoms with Crippen LogP contribution in [-0.4, -0.2) is 12.5 Å². The number of nitrogens with zero attached hydrogens (tertiary/aromatic N) is 1. The highest BCUT2D eigenvalue weighted by atomic mass is 16.2. The average molecular weight is 231 g/mol. The number of aryl methyl sites for hydroxylation is 1. The zero-order valence-corrected chi connectivity index (χ0v) is 11.0. The second kappa shape index (κ2) is 4.91. The van der Waals surface area contributed by atoms with Crippen molar-refractivity contribution < 1.29 is 4.79 Å². The minimum atomic E-state index is 0.150. The maximum Gasteiger partial charge on any atom is 0.223 e. The van der Waals surface area contributed by atoms with Crippen molar-refractivity contribution in [1.82, 2.24) is 0 Å². The first-order chi connectivity index (χ1) is 8.13. The van der Waals surface area contributed by atoms with Crippen LogP contribution in [0, 0.1) is 0 Å². The first kappa shape index (κ1) is 12.2. The molecule has 1 aliphatic heterocycles. The number of carbonyl (C=O) groups excluding carboxylic acids is 1. The zero-order chi connectivity index (χ0) is 12.4. The monoisotopic (exact) mass is 231 g/mol. The minimum Gasteiger partial charge on any atom is -0.312 e. The van der Waals surface area contributed by atoms with Gasteiger partial charge in [0.25, 0.3) is 0 Å². The predicted molar refractivity (Wildman–Crippen MR) is 71.5 cm³/mol. The highest BCUT2D eigenvalue weighted by molar-refractivity contribution is 5.94. The number of anilines is 1. The number of unbranched alkanes of at least 4 members (excludes halogenated alkanes) is 1. The molecule has 0 saturated heterocycles. The molecule has 17 heavy (non-hydrogen) atoms. The molecule has 0 bridgehead atoms. The SMILES string of the molecule is CCCCc1ccc2c(c1)C(C)CN2C(C)=O. The summed E-state index contributed by atoms with van der Waals surface area (Å²) in [5, 5.41) is 0. The maximum absolute atomic E-state index is 11.5. The van der Waals surface area contributed by atoms with Crippen LogP contribution in [0.15, 0.2) is 18.2 Å². The molecular formula is C15H21NO. The van der Waals surface area contributed by atoms with Gasteiger partial charge in [-0.15, -0.1) is 0 Å². The van der Waals surface area contributed by atoms with Crippen molar-refractivity contribution in [3.63, 3.8) is 0 Å². The van der Waals surface area contributed by atoms with E-state index in [0.29, 0.717) is 5.92 Å². The molecular weight excluding hydrogens is 210 g/mol. The van der Waals surface area contributed by atoms with Gasteiger partial charge in [-0.3, -0.25) is 4.79 Å². The third-order valence-corrected chi connectivity index (χ3v) is 3.57. The molecule has 0 aromatic heterocycles. The number of benzene rings is 1. The zero-order valence-electron chi connectivity index (χ0n) is 11.0. The van der Waals surface area contributed by atoms with Gasteiger partial charge in [-0.1, -0.05) is 32.4 Å². The normalized spacial score (nSPS) is 18.3. The molecule has 0 radical (unpaired) electrons. The summed E-state index contributed by atoms with van der Waals surface area (Å²) < 4.78 is 0. The molecule has 1 unspecified atom stereocenters. The molecule has 1 heterocycles. The van der Waals surface area contributed by atoms with Crippen LogP contribution < -0.4 is 4.90 Å². The van der Waals surface area contributed by atoms with E-state index in [4.69, 9.17) is 0 Å². The molecule has 1 aromatic carbocycles. The first-order valence-electron chi connectivity index (χ1n) is 6.54. The van der Waals surface area contributed by atoms with Crippen molar-refractivity contribution >= 4 is 11.6 Å². The Labute approximate surface area is 104 Å². The summed E-state index contributed by atoms with van der Waals surface area (Å²) in [7, 11) is 0. The minimum absolute atomic E-state index is 0.150. The third-order valence-electron chi connectivity index (χ3n) is 3.57. The number of hydrogen-bond acceptors (Lipinski definition) is 1. The van der Waals surface area contributed by atoms with Crippen LogP contribution in [-0.2, 0) is 11.2 Å². The van der Waals surface area contributed by atoms with Crippen LogP contribution in [0.5, 0.6) is 0 Å². The Balaban J connectivity index is 2.27. The van der Waals surface area contributed by atoms with Gasteiger partial charge in [0, 0.05) is 25.1 Å². The average Bonchev–Trinajstić information content (AvgIpc) is 2.64. The van der Waals surface area contributed by atoms with Crippen LogP contribution in [0.4, 0.5) is 5.69 Å². The summed E-state index contributed by atoms with van der Waals surface area (Å²) >= 11 is 0. The van der Waals surface area contributed by atoms with E-state index < -0.39 is 0 Å². The molecule has 1 aromatic rings. The lowest BCUT2D eigenvalue weighted by Crippen LogP contribution is -2.26. The Kier molecular flexibility index (Phi) is 3.51. The summed E-state index contributed by atoms with van der Waals surface area (Å²) in [4.78, 5) is 13.4. The van der Waals surface area contributed by atoms with Crippen LogP contribution in [0.25, 0.3) is 0 Å². The summed E-state index contributed by atoms with van der Waals surface area (Å²) in [5.74, 6) is 0.618. The number of rotatable bonds is 3. The van der Waals surface area contributed by atoms with Crippen LogP contribution in [0.1, 0.15) is 50.7 Å². The van der Waals surface area contributed by atoms with Crippen molar-refractivity contribution in [3.8, 4) is 0 Å². The second-order valence-corrected chi connectivity index (χ2v) is 5.03. The van der Waals surface area contributed by atoms with Crippen molar-refractivity contribution in [3.05, 3.63) is 29.3 Å². The molecule has 0 saturated carbocycles. The van der Waals surface area contributed by atoms with Crippen molar-refractivity contribution in [2.24, 2.45) is 0 Å². The van der Waals surface area contributed by atoms with Gasteiger partial charge in [0.15, 0.2) is 0 Å². The second-order valence-electron chi connectivity index (χ2n) is 5.03. The standard InChI is InChI=1S/C15H21NO/c1-4-5-6-13-7-8-15-14(9-13)11(2)10-16(15)12(3)17/h7-9,11H,4-6,10H2,1-3H3. The number of fused-ring (bicyclic) bond motifs is 1. The van der Waals surface area contributed by atoms with E-state index in [1.165, 1.54) is 24.0 Å². The molecule has 1 amide bonds. The fraction of sp³-hybridized carbons (Fsp3) is 0.533. The summed E-state index contributed by atoms with van der Waals surface area (Å²) in [6.45, 7) is 6.90. The smallest absolute Gasteiger partial charge is 0.223 e. The molecule has 92 valence electrons. The molecule has 2 nitrogen and oxygen atoms in total. The van der Waals surface area contributed by atoms with Crippen LogP contribution >= 0.6 is 0 Å². The maximum atomic E-state index is 11.5. The fourth-order valence-electron chi connectivity index (χ4n) is 2.55. The van der Waals surface area contributed by atoms with E-state index in [9.17, 15) is 4.79 Å². The molecule has 0 spiro atoms. The van der Waals surface area contributed by atoms with Crippen molar-refractivity contribution in [2.45, 2.75) is 46.0 Å². The number of amides is 1. The molecule has 1 aliphatic rings. The van der Waals surface area contributed by atoms with Gasteiger partial charge in [0.1, 0.15) is 0 Å².